The summed E-state index contributed by atoms with van der Waals surface area (Å²) in [6, 6.07) is 0. The minimum atomic E-state index is -1.26. The molecule has 0 saturated carbocycles. The van der Waals surface area contributed by atoms with Crippen molar-refractivity contribution in [3.63, 3.8) is 0 Å². The van der Waals surface area contributed by atoms with Crippen LogP contribution >= 0.6 is 0 Å². The predicted octanol–water partition coefficient (Wildman–Crippen LogP) is -4.27. The number of aliphatic carboxylic acids is 4. The van der Waals surface area contributed by atoms with Crippen molar-refractivity contribution in [3.8, 4) is 0 Å². The molecule has 13 heteroatoms. The molecule has 21 heavy (non-hydrogen) atoms. The summed E-state index contributed by atoms with van der Waals surface area (Å²) >= 11 is 0. The quantitative estimate of drug-likeness (QED) is 0.215. The van der Waals surface area contributed by atoms with E-state index >= 15 is 0 Å². The first-order chi connectivity index (χ1) is 7.25. The van der Waals surface area contributed by atoms with Crippen molar-refractivity contribution in [2.24, 2.45) is 0 Å². The molecule has 0 aromatic carbocycles. The molecule has 127 valence electrons. The van der Waals surface area contributed by atoms with E-state index in [-0.39, 0.29) is 39.0 Å². The summed E-state index contributed by atoms with van der Waals surface area (Å²) < 4.78 is 0. The Balaban J connectivity index is -0.0000000302. The van der Waals surface area contributed by atoms with Gasteiger partial charge in [0.15, 0.2) is 0 Å². The van der Waals surface area contributed by atoms with E-state index in [9.17, 15) is 19.2 Å². The molecule has 0 unspecified atom stereocenters. The molecule has 0 fully saturated rings. The monoisotopic (exact) mass is 363 g/mol. The van der Waals surface area contributed by atoms with Gasteiger partial charge in [0.2, 0.25) is 0 Å². The number of hydrogen-bond acceptors (Lipinski definition) is 4. The van der Waals surface area contributed by atoms with Crippen LogP contribution in [-0.2, 0) is 58.2 Å². The van der Waals surface area contributed by atoms with Crippen LogP contribution in [0.15, 0.2) is 24.3 Å². The second kappa shape index (κ2) is 26.3. The Bertz CT molecular complexity index is 281. The first-order valence-electron chi connectivity index (χ1n) is 3.53. The second-order valence-corrected chi connectivity index (χ2v) is 2.02. The summed E-state index contributed by atoms with van der Waals surface area (Å²) in [6.45, 7) is 0. The maximum Gasteiger partial charge on any atom is 0.328 e. The number of carboxylic acids is 4. The summed E-state index contributed by atoms with van der Waals surface area (Å²) in [6.07, 6.45) is 2.23. The van der Waals surface area contributed by atoms with E-state index in [1.807, 2.05) is 0 Å². The van der Waals surface area contributed by atoms with Crippen LogP contribution in [0.25, 0.3) is 0 Å². The standard InChI is InChI=1S/2C4H4O4.Mn.4H2O/c2*5-3(6)1-2-4(7)8;;;;;/h2*1-2H,(H,5,6)(H,7,8);;4*1H2/p+4. The summed E-state index contributed by atoms with van der Waals surface area (Å²) in [7, 11) is 0. The molecule has 0 aromatic heterocycles. The van der Waals surface area contributed by atoms with E-state index in [2.05, 4.69) is 0 Å². The molecule has 0 aromatic rings. The molecule has 0 saturated heterocycles. The minimum Gasteiger partial charge on any atom is -0.478 e. The van der Waals surface area contributed by atoms with E-state index in [1.54, 1.807) is 0 Å². The Morgan fingerprint density at radius 1 is 0.476 bits per heavy atom. The van der Waals surface area contributed by atoms with Gasteiger partial charge in [-0.05, 0) is 0 Å². The molecular weight excluding hydrogens is 343 g/mol. The number of rotatable bonds is 4. The first kappa shape index (κ1) is 42.8. The summed E-state index contributed by atoms with van der Waals surface area (Å²) in [5, 5.41) is 31.2. The van der Waals surface area contributed by atoms with Crippen molar-refractivity contribution >= 4 is 23.9 Å². The molecule has 12 nitrogen and oxygen atoms in total. The Morgan fingerprint density at radius 3 is 0.619 bits per heavy atom. The van der Waals surface area contributed by atoms with E-state index in [4.69, 9.17) is 20.4 Å². The zero-order valence-electron chi connectivity index (χ0n) is 10.4. The van der Waals surface area contributed by atoms with Gasteiger partial charge in [0.05, 0.1) is 0 Å². The average Bonchev–Trinajstić information content (AvgIpc) is 2.12. The fraction of sp³-hybridized carbons (Fsp3) is 0. The van der Waals surface area contributed by atoms with Crippen molar-refractivity contribution in [2.45, 2.75) is 0 Å². The van der Waals surface area contributed by atoms with E-state index in [0.29, 0.717) is 24.3 Å². The van der Waals surface area contributed by atoms with Gasteiger partial charge in [-0.2, -0.15) is 0 Å². The molecule has 0 aliphatic rings. The van der Waals surface area contributed by atoms with E-state index in [0.717, 1.165) is 0 Å². The molecule has 0 aliphatic heterocycles. The maximum absolute atomic E-state index is 9.55. The predicted molar refractivity (Wildman–Crippen MR) is 68.3 cm³/mol. The summed E-state index contributed by atoms with van der Waals surface area (Å²) in [4.78, 5) is 38.2. The fourth-order valence-electron chi connectivity index (χ4n) is 0.285. The maximum atomic E-state index is 9.55. The van der Waals surface area contributed by atoms with Gasteiger partial charge in [0.25, 0.3) is 0 Å². The van der Waals surface area contributed by atoms with Crippen LogP contribution in [0, 0.1) is 0 Å². The van der Waals surface area contributed by atoms with Gasteiger partial charge in [-0.25, -0.2) is 19.2 Å². The van der Waals surface area contributed by atoms with Crippen LogP contribution in [-0.4, -0.2) is 44.3 Å². The molecule has 0 rings (SSSR count). The fourth-order valence-corrected chi connectivity index (χ4v) is 0.285. The van der Waals surface area contributed by atoms with Crippen LogP contribution in [0.4, 0.5) is 0 Å². The number of carbonyl (C=O) groups is 4. The molecule has 0 heterocycles. The normalized spacial score (nSPS) is 7.24. The zero-order valence-corrected chi connectivity index (χ0v) is 11.6. The van der Waals surface area contributed by atoms with Crippen LogP contribution in [0.1, 0.15) is 0 Å². The Kier molecular flexibility index (Phi) is 53.6. The first-order valence-corrected chi connectivity index (χ1v) is 3.53. The zero-order chi connectivity index (χ0) is 13.1. The van der Waals surface area contributed by atoms with Crippen LogP contribution in [0.3, 0.4) is 0 Å². The third-order valence-electron chi connectivity index (χ3n) is 0.737. The van der Waals surface area contributed by atoms with Crippen molar-refractivity contribution in [1.29, 1.82) is 0 Å². The Morgan fingerprint density at radius 2 is 0.571 bits per heavy atom. The van der Waals surface area contributed by atoms with Crippen molar-refractivity contribution < 1.29 is 78.6 Å². The van der Waals surface area contributed by atoms with Gasteiger partial charge in [0, 0.05) is 41.4 Å². The van der Waals surface area contributed by atoms with Crippen LogP contribution in [0.2, 0.25) is 0 Å². The van der Waals surface area contributed by atoms with Gasteiger partial charge in [0.1, 0.15) is 0 Å². The van der Waals surface area contributed by atoms with Crippen LogP contribution in [0.5, 0.6) is 0 Å². The molecule has 16 N–H and O–H groups in total. The van der Waals surface area contributed by atoms with Gasteiger partial charge in [-0.1, -0.05) is 0 Å². The van der Waals surface area contributed by atoms with Gasteiger partial charge < -0.3 is 42.3 Å². The van der Waals surface area contributed by atoms with Crippen molar-refractivity contribution in [3.05, 3.63) is 24.3 Å². The molecule has 0 bridgehead atoms. The van der Waals surface area contributed by atoms with E-state index in [1.165, 1.54) is 0 Å². The van der Waals surface area contributed by atoms with Crippen LogP contribution < -0.4 is 0 Å². The van der Waals surface area contributed by atoms with E-state index < -0.39 is 23.9 Å². The largest absolute Gasteiger partial charge is 0.478 e. The Labute approximate surface area is 127 Å². The third kappa shape index (κ3) is 73.5. The SMILES string of the molecule is O=C(O)C=CC(=O)O.O=C(O)C=CC(=O)O.[Mn].[OH3+].[OH3+].[OH3+].[OH3+]. The molecule has 0 amide bonds. The Hall–Kier alpha value is -2.28. The topological polar surface area (TPSA) is 281 Å². The van der Waals surface area contributed by atoms with Gasteiger partial charge in [-0.3, -0.25) is 0 Å². The molecule has 0 atom stereocenters. The molecule has 0 aliphatic carbocycles. The average molecular weight is 363 g/mol. The summed E-state index contributed by atoms with van der Waals surface area (Å²) in [5.41, 5.74) is 0. The number of carboxylic acid groups (broad SMARTS) is 4. The van der Waals surface area contributed by atoms with Crippen molar-refractivity contribution in [2.75, 3.05) is 0 Å². The number of hydrogen-bond donors (Lipinski definition) is 4. The van der Waals surface area contributed by atoms with Gasteiger partial charge in [-0.15, -0.1) is 0 Å². The molecular formula is C8H20MnO12+4. The third-order valence-corrected chi connectivity index (χ3v) is 0.737. The smallest absolute Gasteiger partial charge is 0.328 e. The van der Waals surface area contributed by atoms with Gasteiger partial charge >= 0.3 is 23.9 Å². The summed E-state index contributed by atoms with van der Waals surface area (Å²) in [5.74, 6) is -5.03. The molecule has 1 radical (unpaired) electrons. The van der Waals surface area contributed by atoms with Crippen molar-refractivity contribution in [1.82, 2.24) is 0 Å². The second-order valence-electron chi connectivity index (χ2n) is 2.02. The minimum absolute atomic E-state index is 0. The molecule has 0 spiro atoms.